The molecule has 0 spiro atoms. The zero-order valence-electron chi connectivity index (χ0n) is 18.3. The third-order valence-corrected chi connectivity index (χ3v) is 5.61. The summed E-state index contributed by atoms with van der Waals surface area (Å²) >= 11 is 6.41. The van der Waals surface area contributed by atoms with Gasteiger partial charge in [0.25, 0.3) is 5.91 Å². The molecule has 3 heterocycles. The van der Waals surface area contributed by atoms with Gasteiger partial charge in [0.1, 0.15) is 11.6 Å². The Kier molecular flexibility index (Phi) is 6.62. The number of benzene rings is 1. The molecule has 3 aromatic rings. The first-order chi connectivity index (χ1) is 15.5. The Morgan fingerprint density at radius 2 is 2.00 bits per heavy atom. The average molecular weight is 456 g/mol. The van der Waals surface area contributed by atoms with E-state index in [0.29, 0.717) is 54.1 Å². The molecule has 0 atom stereocenters. The fourth-order valence-corrected chi connectivity index (χ4v) is 3.71. The van der Waals surface area contributed by atoms with E-state index < -0.39 is 0 Å². The maximum atomic E-state index is 12.8. The van der Waals surface area contributed by atoms with E-state index in [1.54, 1.807) is 36.5 Å². The summed E-state index contributed by atoms with van der Waals surface area (Å²) in [4.78, 5) is 19.0. The fourth-order valence-electron chi connectivity index (χ4n) is 3.50. The van der Waals surface area contributed by atoms with Gasteiger partial charge in [-0.1, -0.05) is 11.6 Å². The molecule has 1 aliphatic heterocycles. The van der Waals surface area contributed by atoms with Gasteiger partial charge < -0.3 is 19.7 Å². The van der Waals surface area contributed by atoms with Crippen LogP contribution in [0.3, 0.4) is 0 Å². The maximum absolute atomic E-state index is 12.8. The molecule has 32 heavy (non-hydrogen) atoms. The Labute approximate surface area is 192 Å². The summed E-state index contributed by atoms with van der Waals surface area (Å²) < 4.78 is 12.7. The van der Waals surface area contributed by atoms with Gasteiger partial charge in [0, 0.05) is 48.2 Å². The highest BCUT2D eigenvalue weighted by Gasteiger charge is 2.20. The van der Waals surface area contributed by atoms with Crippen molar-refractivity contribution in [1.82, 2.24) is 19.7 Å². The standard InChI is InChI=1S/C23H26ClN5O3/c1-15(2)29-14-17(12-26-29)18-11-22(25-13-19(18)24)27-20-5-4-16(10-21(20)31-3)23(30)28-6-8-32-9-7-28/h4-5,10-15H,6-9H2,1-3H3,(H,25,27). The second kappa shape index (κ2) is 9.58. The number of amides is 1. The number of hydrogen-bond acceptors (Lipinski definition) is 6. The van der Waals surface area contributed by atoms with Gasteiger partial charge >= 0.3 is 0 Å². The minimum Gasteiger partial charge on any atom is -0.495 e. The van der Waals surface area contributed by atoms with Crippen LogP contribution in [0.1, 0.15) is 30.2 Å². The monoisotopic (exact) mass is 455 g/mol. The Morgan fingerprint density at radius 1 is 1.22 bits per heavy atom. The number of aromatic nitrogens is 3. The lowest BCUT2D eigenvalue weighted by Crippen LogP contribution is -2.40. The van der Waals surface area contributed by atoms with Crippen molar-refractivity contribution < 1.29 is 14.3 Å². The molecule has 0 radical (unpaired) electrons. The number of nitrogens with one attached hydrogen (secondary N) is 1. The fraction of sp³-hybridized carbons (Fsp3) is 0.348. The van der Waals surface area contributed by atoms with E-state index in [2.05, 4.69) is 29.2 Å². The minimum absolute atomic E-state index is 0.0350. The van der Waals surface area contributed by atoms with Crippen molar-refractivity contribution in [3.8, 4) is 16.9 Å². The predicted molar refractivity (Wildman–Crippen MR) is 124 cm³/mol. The second-order valence-electron chi connectivity index (χ2n) is 7.80. The zero-order valence-corrected chi connectivity index (χ0v) is 19.1. The molecule has 1 aliphatic rings. The lowest BCUT2D eigenvalue weighted by molar-refractivity contribution is 0.0302. The van der Waals surface area contributed by atoms with E-state index in [1.807, 2.05) is 23.0 Å². The van der Waals surface area contributed by atoms with E-state index in [-0.39, 0.29) is 11.9 Å². The van der Waals surface area contributed by atoms with E-state index >= 15 is 0 Å². The van der Waals surface area contributed by atoms with Crippen LogP contribution in [0.5, 0.6) is 5.75 Å². The van der Waals surface area contributed by atoms with Crippen LogP contribution in [0.25, 0.3) is 11.1 Å². The number of anilines is 2. The number of hydrogen-bond donors (Lipinski definition) is 1. The van der Waals surface area contributed by atoms with Crippen molar-refractivity contribution in [3.63, 3.8) is 0 Å². The van der Waals surface area contributed by atoms with Crippen LogP contribution < -0.4 is 10.1 Å². The Morgan fingerprint density at radius 3 is 2.69 bits per heavy atom. The number of carbonyl (C=O) groups excluding carboxylic acids is 1. The highest BCUT2D eigenvalue weighted by Crippen LogP contribution is 2.33. The minimum atomic E-state index is -0.0350. The normalized spacial score (nSPS) is 14.0. The number of pyridine rings is 1. The third kappa shape index (κ3) is 4.71. The number of ether oxygens (including phenoxy) is 2. The number of carbonyl (C=O) groups is 1. The first-order valence-electron chi connectivity index (χ1n) is 10.5. The quantitative estimate of drug-likeness (QED) is 0.593. The molecule has 1 fully saturated rings. The van der Waals surface area contributed by atoms with Crippen molar-refractivity contribution in [2.24, 2.45) is 0 Å². The van der Waals surface area contributed by atoms with Crippen LogP contribution in [0.4, 0.5) is 11.5 Å². The Balaban J connectivity index is 1.57. The highest BCUT2D eigenvalue weighted by molar-refractivity contribution is 6.33. The van der Waals surface area contributed by atoms with E-state index in [1.165, 1.54) is 0 Å². The first-order valence-corrected chi connectivity index (χ1v) is 10.9. The summed E-state index contributed by atoms with van der Waals surface area (Å²) in [5.41, 5.74) is 3.01. The van der Waals surface area contributed by atoms with Crippen LogP contribution >= 0.6 is 11.6 Å². The van der Waals surface area contributed by atoms with Crippen molar-refractivity contribution in [1.29, 1.82) is 0 Å². The molecule has 1 amide bonds. The van der Waals surface area contributed by atoms with E-state index in [9.17, 15) is 4.79 Å². The largest absolute Gasteiger partial charge is 0.495 e. The molecule has 1 saturated heterocycles. The number of halogens is 1. The zero-order chi connectivity index (χ0) is 22.7. The lowest BCUT2D eigenvalue weighted by Gasteiger charge is -2.27. The smallest absolute Gasteiger partial charge is 0.254 e. The highest BCUT2D eigenvalue weighted by atomic mass is 35.5. The number of rotatable bonds is 6. The van der Waals surface area contributed by atoms with Crippen LogP contribution in [-0.4, -0.2) is 59.0 Å². The lowest BCUT2D eigenvalue weighted by atomic mass is 10.1. The molecule has 0 bridgehead atoms. The molecule has 0 saturated carbocycles. The summed E-state index contributed by atoms with van der Waals surface area (Å²) in [6, 6.07) is 7.47. The molecule has 1 N–H and O–H groups in total. The topological polar surface area (TPSA) is 81.5 Å². The van der Waals surface area contributed by atoms with Crippen LogP contribution in [0.15, 0.2) is 42.9 Å². The van der Waals surface area contributed by atoms with E-state index in [4.69, 9.17) is 21.1 Å². The average Bonchev–Trinajstić information content (AvgIpc) is 3.31. The van der Waals surface area contributed by atoms with Crippen LogP contribution in [-0.2, 0) is 4.74 Å². The van der Waals surface area contributed by atoms with Crippen LogP contribution in [0.2, 0.25) is 5.02 Å². The van der Waals surface area contributed by atoms with Gasteiger partial charge in [0.05, 0.1) is 37.2 Å². The third-order valence-electron chi connectivity index (χ3n) is 5.31. The predicted octanol–water partition coefficient (Wildman–Crippen LogP) is 4.40. The molecule has 0 unspecified atom stereocenters. The van der Waals surface area contributed by atoms with Gasteiger partial charge in [-0.05, 0) is 38.1 Å². The molecule has 9 heteroatoms. The Hall–Kier alpha value is -3.10. The van der Waals surface area contributed by atoms with Crippen molar-refractivity contribution in [2.45, 2.75) is 19.9 Å². The van der Waals surface area contributed by atoms with Gasteiger partial charge in [0.2, 0.25) is 0 Å². The number of nitrogens with zero attached hydrogens (tertiary/aromatic N) is 4. The molecular formula is C23H26ClN5O3. The second-order valence-corrected chi connectivity index (χ2v) is 8.20. The SMILES string of the molecule is COc1cc(C(=O)N2CCOCC2)ccc1Nc1cc(-c2cnn(C(C)C)c2)c(Cl)cn1. The van der Waals surface area contributed by atoms with Crippen molar-refractivity contribution in [3.05, 3.63) is 53.4 Å². The van der Waals surface area contributed by atoms with Gasteiger partial charge in [-0.2, -0.15) is 5.10 Å². The van der Waals surface area contributed by atoms with E-state index in [0.717, 1.165) is 11.1 Å². The van der Waals surface area contributed by atoms with Gasteiger partial charge in [-0.25, -0.2) is 4.98 Å². The summed E-state index contributed by atoms with van der Waals surface area (Å²) in [7, 11) is 1.57. The molecule has 168 valence electrons. The molecule has 0 aliphatic carbocycles. The molecule has 2 aromatic heterocycles. The van der Waals surface area contributed by atoms with Crippen molar-refractivity contribution in [2.75, 3.05) is 38.7 Å². The van der Waals surface area contributed by atoms with Crippen molar-refractivity contribution >= 4 is 29.0 Å². The molecule has 4 rings (SSSR count). The molecular weight excluding hydrogens is 430 g/mol. The summed E-state index contributed by atoms with van der Waals surface area (Å²) in [6.45, 7) is 6.43. The van der Waals surface area contributed by atoms with Gasteiger partial charge in [-0.3, -0.25) is 9.48 Å². The number of methoxy groups -OCH3 is 1. The Bertz CT molecular complexity index is 1110. The number of morpholine rings is 1. The maximum Gasteiger partial charge on any atom is 0.254 e. The van der Waals surface area contributed by atoms with Gasteiger partial charge in [-0.15, -0.1) is 0 Å². The summed E-state index contributed by atoms with van der Waals surface area (Å²) in [5, 5.41) is 8.20. The van der Waals surface area contributed by atoms with Crippen LogP contribution in [0, 0.1) is 0 Å². The summed E-state index contributed by atoms with van der Waals surface area (Å²) in [6.07, 6.45) is 5.36. The molecule has 1 aromatic carbocycles. The first kappa shape index (κ1) is 22.1. The van der Waals surface area contributed by atoms with Gasteiger partial charge in [0.15, 0.2) is 0 Å². The summed E-state index contributed by atoms with van der Waals surface area (Å²) in [5.74, 6) is 1.12. The molecule has 8 nitrogen and oxygen atoms in total.